The summed E-state index contributed by atoms with van der Waals surface area (Å²) in [6.07, 6.45) is 3.66. The Labute approximate surface area is 81.1 Å². The molecule has 0 bridgehead atoms. The third kappa shape index (κ3) is 3.98. The number of nitrogens with one attached hydrogen (secondary N) is 1. The fourth-order valence-electron chi connectivity index (χ4n) is 0.719. The fraction of sp³-hybridized carbons (Fsp3) is 0.500. The summed E-state index contributed by atoms with van der Waals surface area (Å²) in [7, 11) is 0. The molecular formula is C8H12N2O2S. The van der Waals surface area contributed by atoms with Crippen molar-refractivity contribution in [2.24, 2.45) is 0 Å². The second-order valence-electron chi connectivity index (χ2n) is 2.47. The number of carbonyl (C=O) groups excluding carboxylic acids is 1. The lowest BCUT2D eigenvalue weighted by Gasteiger charge is -1.99. The number of unbranched alkanes of at least 4 members (excludes halogenated alkanes) is 1. The highest BCUT2D eigenvalue weighted by Gasteiger charge is 2.04. The highest BCUT2D eigenvalue weighted by molar-refractivity contribution is 8.13. The Morgan fingerprint density at radius 2 is 2.62 bits per heavy atom. The van der Waals surface area contributed by atoms with Crippen LogP contribution in [0, 0.1) is 0 Å². The van der Waals surface area contributed by atoms with Gasteiger partial charge >= 0.3 is 5.30 Å². The quantitative estimate of drug-likeness (QED) is 0.599. The smallest absolute Gasteiger partial charge is 0.374 e. The van der Waals surface area contributed by atoms with Crippen LogP contribution in [0.5, 0.6) is 5.88 Å². The van der Waals surface area contributed by atoms with Gasteiger partial charge in [0.05, 0.1) is 6.20 Å². The number of aromatic nitrogens is 2. The summed E-state index contributed by atoms with van der Waals surface area (Å²) in [6, 6.07) is 1.61. The highest BCUT2D eigenvalue weighted by atomic mass is 32.2. The number of rotatable bonds is 4. The van der Waals surface area contributed by atoms with Crippen molar-refractivity contribution in [2.75, 3.05) is 5.75 Å². The van der Waals surface area contributed by atoms with E-state index in [1.165, 1.54) is 11.8 Å². The molecule has 1 aromatic heterocycles. The van der Waals surface area contributed by atoms with E-state index in [0.29, 0.717) is 5.88 Å². The van der Waals surface area contributed by atoms with Crippen molar-refractivity contribution in [3.63, 3.8) is 0 Å². The fourth-order valence-corrected chi connectivity index (χ4v) is 1.47. The van der Waals surface area contributed by atoms with Crippen LogP contribution in [0.3, 0.4) is 0 Å². The summed E-state index contributed by atoms with van der Waals surface area (Å²) in [4.78, 5) is 11.1. The summed E-state index contributed by atoms with van der Waals surface area (Å²) in [6.45, 7) is 2.08. The van der Waals surface area contributed by atoms with Crippen molar-refractivity contribution in [3.05, 3.63) is 12.3 Å². The van der Waals surface area contributed by atoms with E-state index in [9.17, 15) is 4.79 Å². The van der Waals surface area contributed by atoms with Crippen LogP contribution in [-0.2, 0) is 0 Å². The molecule has 0 fully saturated rings. The molecule has 1 N–H and O–H groups in total. The second kappa shape index (κ2) is 5.64. The Balaban J connectivity index is 2.18. The molecule has 0 aliphatic rings. The van der Waals surface area contributed by atoms with E-state index in [4.69, 9.17) is 4.74 Å². The van der Waals surface area contributed by atoms with Gasteiger partial charge in [-0.25, -0.2) is 9.89 Å². The van der Waals surface area contributed by atoms with E-state index in [2.05, 4.69) is 17.1 Å². The predicted molar refractivity (Wildman–Crippen MR) is 52.0 cm³/mol. The molecule has 0 aliphatic heterocycles. The number of nitrogens with zero attached hydrogens (tertiary/aromatic N) is 1. The SMILES string of the molecule is CCCCSC(=O)Oc1ccn[nH]1. The van der Waals surface area contributed by atoms with E-state index in [0.717, 1.165) is 18.6 Å². The van der Waals surface area contributed by atoms with Gasteiger partial charge in [0.1, 0.15) is 0 Å². The molecule has 5 heteroatoms. The molecule has 0 saturated carbocycles. The van der Waals surface area contributed by atoms with E-state index in [1.807, 2.05) is 0 Å². The third-order valence-corrected chi connectivity index (χ3v) is 2.20. The summed E-state index contributed by atoms with van der Waals surface area (Å²) in [5.74, 6) is 1.21. The summed E-state index contributed by atoms with van der Waals surface area (Å²) >= 11 is 1.19. The van der Waals surface area contributed by atoms with Gasteiger partial charge in [0.25, 0.3) is 0 Å². The molecule has 0 amide bonds. The van der Waals surface area contributed by atoms with E-state index >= 15 is 0 Å². The molecular weight excluding hydrogens is 188 g/mol. The Morgan fingerprint density at radius 3 is 3.23 bits per heavy atom. The van der Waals surface area contributed by atoms with E-state index in [-0.39, 0.29) is 5.30 Å². The zero-order chi connectivity index (χ0) is 9.52. The van der Waals surface area contributed by atoms with Crippen LogP contribution >= 0.6 is 11.8 Å². The molecule has 0 aliphatic carbocycles. The molecule has 1 heterocycles. The van der Waals surface area contributed by atoms with Gasteiger partial charge in [-0.2, -0.15) is 5.10 Å². The minimum Gasteiger partial charge on any atom is -0.400 e. The van der Waals surface area contributed by atoms with Gasteiger partial charge in [-0.3, -0.25) is 0 Å². The second-order valence-corrected chi connectivity index (χ2v) is 3.51. The average molecular weight is 200 g/mol. The van der Waals surface area contributed by atoms with Crippen molar-refractivity contribution in [1.29, 1.82) is 0 Å². The Kier molecular flexibility index (Phi) is 4.39. The van der Waals surface area contributed by atoms with Crippen molar-refractivity contribution in [1.82, 2.24) is 10.2 Å². The average Bonchev–Trinajstić information content (AvgIpc) is 2.57. The lowest BCUT2D eigenvalue weighted by Crippen LogP contribution is -2.01. The van der Waals surface area contributed by atoms with Crippen LogP contribution in [0.4, 0.5) is 4.79 Å². The first kappa shape index (κ1) is 10.1. The normalized spacial score (nSPS) is 9.92. The Hall–Kier alpha value is -0.970. The first-order valence-corrected chi connectivity index (χ1v) is 5.15. The number of ether oxygens (including phenoxy) is 1. The number of aromatic amines is 1. The van der Waals surface area contributed by atoms with Gasteiger partial charge in [0.15, 0.2) is 0 Å². The maximum atomic E-state index is 11.1. The molecule has 0 unspecified atom stereocenters. The molecule has 1 aromatic rings. The lowest BCUT2D eigenvalue weighted by molar-refractivity contribution is 0.225. The maximum absolute atomic E-state index is 11.1. The maximum Gasteiger partial charge on any atom is 0.374 e. The molecule has 0 spiro atoms. The van der Waals surface area contributed by atoms with E-state index < -0.39 is 0 Å². The van der Waals surface area contributed by atoms with E-state index in [1.54, 1.807) is 12.3 Å². The zero-order valence-corrected chi connectivity index (χ0v) is 8.26. The van der Waals surface area contributed by atoms with Gasteiger partial charge in [0.2, 0.25) is 5.88 Å². The van der Waals surface area contributed by atoms with Crippen molar-refractivity contribution in [2.45, 2.75) is 19.8 Å². The molecule has 0 aromatic carbocycles. The molecule has 0 radical (unpaired) electrons. The number of carbonyl (C=O) groups is 1. The number of thioether (sulfide) groups is 1. The van der Waals surface area contributed by atoms with Crippen LogP contribution in [0.1, 0.15) is 19.8 Å². The largest absolute Gasteiger partial charge is 0.400 e. The standard InChI is InChI=1S/C8H12N2O2S/c1-2-3-6-13-8(11)12-7-4-5-9-10-7/h4-5H,2-3,6H2,1H3,(H,9,10). The first-order valence-electron chi connectivity index (χ1n) is 4.17. The van der Waals surface area contributed by atoms with Crippen LogP contribution in [0.15, 0.2) is 12.3 Å². The minimum absolute atomic E-state index is 0.280. The molecule has 13 heavy (non-hydrogen) atoms. The molecule has 0 saturated heterocycles. The highest BCUT2D eigenvalue weighted by Crippen LogP contribution is 2.11. The lowest BCUT2D eigenvalue weighted by atomic mass is 10.4. The van der Waals surface area contributed by atoms with Crippen LogP contribution < -0.4 is 4.74 Å². The minimum atomic E-state index is -0.280. The molecule has 4 nitrogen and oxygen atoms in total. The van der Waals surface area contributed by atoms with Crippen molar-refractivity contribution >= 4 is 17.1 Å². The van der Waals surface area contributed by atoms with Gasteiger partial charge < -0.3 is 4.74 Å². The van der Waals surface area contributed by atoms with Crippen LogP contribution in [-0.4, -0.2) is 21.3 Å². The van der Waals surface area contributed by atoms with Crippen LogP contribution in [0.2, 0.25) is 0 Å². The number of hydrogen-bond donors (Lipinski definition) is 1. The molecule has 0 atom stereocenters. The van der Waals surface area contributed by atoms with Crippen LogP contribution in [0.25, 0.3) is 0 Å². The zero-order valence-electron chi connectivity index (χ0n) is 7.45. The number of H-pyrrole nitrogens is 1. The third-order valence-electron chi connectivity index (χ3n) is 1.39. The van der Waals surface area contributed by atoms with Gasteiger partial charge in [0, 0.05) is 11.8 Å². The van der Waals surface area contributed by atoms with Gasteiger partial charge in [-0.15, -0.1) is 0 Å². The summed E-state index contributed by atoms with van der Waals surface area (Å²) in [5.41, 5.74) is 0. The van der Waals surface area contributed by atoms with Gasteiger partial charge in [-0.05, 0) is 18.2 Å². The Morgan fingerprint density at radius 1 is 1.77 bits per heavy atom. The molecule has 1 rings (SSSR count). The van der Waals surface area contributed by atoms with Crippen molar-refractivity contribution < 1.29 is 9.53 Å². The number of hydrogen-bond acceptors (Lipinski definition) is 4. The monoisotopic (exact) mass is 200 g/mol. The van der Waals surface area contributed by atoms with Gasteiger partial charge in [-0.1, -0.05) is 13.3 Å². The Bertz CT molecular complexity index is 249. The van der Waals surface area contributed by atoms with Crippen molar-refractivity contribution in [3.8, 4) is 5.88 Å². The summed E-state index contributed by atoms with van der Waals surface area (Å²) < 4.78 is 4.91. The first-order chi connectivity index (χ1) is 6.33. The summed E-state index contributed by atoms with van der Waals surface area (Å²) in [5, 5.41) is 5.93. The molecule has 72 valence electrons. The topological polar surface area (TPSA) is 55.0 Å². The predicted octanol–water partition coefficient (Wildman–Crippen LogP) is 2.44.